The first kappa shape index (κ1) is 19.7. The molecular weight excluding hydrogens is 356 g/mol. The molecule has 0 bridgehead atoms. The van der Waals surface area contributed by atoms with Gasteiger partial charge in [-0.2, -0.15) is 0 Å². The van der Waals surface area contributed by atoms with Gasteiger partial charge in [-0.15, -0.1) is 0 Å². The summed E-state index contributed by atoms with van der Waals surface area (Å²) in [5.41, 5.74) is 3.48. The number of carbonyl (C=O) groups excluding carboxylic acids is 2. The number of nitrogens with one attached hydrogen (secondary N) is 1. The van der Waals surface area contributed by atoms with Crippen LogP contribution in [0.5, 0.6) is 5.75 Å². The standard InChI is InChI=1S/C22H26N2O4/c1-3-4-13-28-20-9-6-17(7-10-20)21(25)23-19-8-5-16-11-12-24(22(26)27-2)15-18(16)14-19/h5-10,14H,3-4,11-13,15H2,1-2H3,(H,23,25). The topological polar surface area (TPSA) is 67.9 Å². The number of unbranched alkanes of at least 4 members (excludes halogenated alkanes) is 1. The normalized spacial score (nSPS) is 12.9. The van der Waals surface area contributed by atoms with Crippen molar-refractivity contribution in [3.05, 3.63) is 59.2 Å². The molecule has 148 valence electrons. The highest BCUT2D eigenvalue weighted by Gasteiger charge is 2.21. The van der Waals surface area contributed by atoms with Crippen molar-refractivity contribution in [3.8, 4) is 5.75 Å². The molecule has 0 saturated heterocycles. The van der Waals surface area contributed by atoms with Crippen LogP contribution in [0.25, 0.3) is 0 Å². The Labute approximate surface area is 165 Å². The second kappa shape index (κ2) is 9.26. The third-order valence-electron chi connectivity index (χ3n) is 4.79. The number of rotatable bonds is 6. The van der Waals surface area contributed by atoms with Crippen LogP contribution in [0.3, 0.4) is 0 Å². The SMILES string of the molecule is CCCCOc1ccc(C(=O)Nc2ccc3c(c2)CN(C(=O)OC)CC3)cc1. The quantitative estimate of drug-likeness (QED) is 0.759. The van der Waals surface area contributed by atoms with Crippen molar-refractivity contribution >= 4 is 17.7 Å². The molecule has 0 atom stereocenters. The minimum atomic E-state index is -0.332. The molecule has 0 aliphatic carbocycles. The van der Waals surface area contributed by atoms with Crippen molar-refractivity contribution in [2.24, 2.45) is 0 Å². The number of ether oxygens (including phenoxy) is 2. The summed E-state index contributed by atoms with van der Waals surface area (Å²) in [7, 11) is 1.38. The van der Waals surface area contributed by atoms with E-state index in [4.69, 9.17) is 9.47 Å². The van der Waals surface area contributed by atoms with E-state index in [9.17, 15) is 9.59 Å². The lowest BCUT2D eigenvalue weighted by Crippen LogP contribution is -2.35. The van der Waals surface area contributed by atoms with Gasteiger partial charge in [-0.05, 0) is 60.4 Å². The van der Waals surface area contributed by atoms with E-state index in [2.05, 4.69) is 12.2 Å². The average Bonchev–Trinajstić information content (AvgIpc) is 2.73. The van der Waals surface area contributed by atoms with E-state index < -0.39 is 0 Å². The predicted molar refractivity (Wildman–Crippen MR) is 108 cm³/mol. The Morgan fingerprint density at radius 3 is 2.61 bits per heavy atom. The van der Waals surface area contributed by atoms with Gasteiger partial charge in [0.05, 0.1) is 13.7 Å². The molecule has 1 aliphatic rings. The molecule has 2 amide bonds. The highest BCUT2D eigenvalue weighted by Crippen LogP contribution is 2.24. The zero-order valence-electron chi connectivity index (χ0n) is 16.4. The number of benzene rings is 2. The molecule has 6 nitrogen and oxygen atoms in total. The largest absolute Gasteiger partial charge is 0.494 e. The van der Waals surface area contributed by atoms with E-state index >= 15 is 0 Å². The van der Waals surface area contributed by atoms with Crippen LogP contribution in [0.15, 0.2) is 42.5 Å². The maximum atomic E-state index is 12.5. The zero-order chi connectivity index (χ0) is 19.9. The minimum absolute atomic E-state index is 0.180. The number of anilines is 1. The van der Waals surface area contributed by atoms with Gasteiger partial charge in [-0.3, -0.25) is 4.79 Å². The number of methoxy groups -OCH3 is 1. The van der Waals surface area contributed by atoms with Gasteiger partial charge in [-0.1, -0.05) is 19.4 Å². The van der Waals surface area contributed by atoms with E-state index in [1.807, 2.05) is 30.3 Å². The fourth-order valence-corrected chi connectivity index (χ4v) is 3.16. The van der Waals surface area contributed by atoms with Crippen LogP contribution >= 0.6 is 0 Å². The van der Waals surface area contributed by atoms with E-state index in [-0.39, 0.29) is 12.0 Å². The summed E-state index contributed by atoms with van der Waals surface area (Å²) in [6, 6.07) is 13.0. The monoisotopic (exact) mass is 382 g/mol. The maximum Gasteiger partial charge on any atom is 0.409 e. The molecular formula is C22H26N2O4. The van der Waals surface area contributed by atoms with Gasteiger partial charge < -0.3 is 19.7 Å². The second-order valence-corrected chi connectivity index (χ2v) is 6.81. The molecule has 0 radical (unpaired) electrons. The first-order chi connectivity index (χ1) is 13.6. The fourth-order valence-electron chi connectivity index (χ4n) is 3.16. The zero-order valence-corrected chi connectivity index (χ0v) is 16.4. The van der Waals surface area contributed by atoms with Crippen LogP contribution in [-0.4, -0.2) is 37.2 Å². The van der Waals surface area contributed by atoms with Crippen molar-refractivity contribution < 1.29 is 19.1 Å². The molecule has 0 spiro atoms. The van der Waals surface area contributed by atoms with Gasteiger partial charge in [0.25, 0.3) is 5.91 Å². The van der Waals surface area contributed by atoms with Gasteiger partial charge >= 0.3 is 6.09 Å². The number of carbonyl (C=O) groups is 2. The first-order valence-electron chi connectivity index (χ1n) is 9.59. The second-order valence-electron chi connectivity index (χ2n) is 6.81. The molecule has 2 aromatic carbocycles. The molecule has 1 aliphatic heterocycles. The molecule has 1 heterocycles. The van der Waals surface area contributed by atoms with Crippen LogP contribution in [-0.2, 0) is 17.7 Å². The molecule has 6 heteroatoms. The Bertz CT molecular complexity index is 833. The summed E-state index contributed by atoms with van der Waals surface area (Å²) in [5.74, 6) is 0.586. The smallest absolute Gasteiger partial charge is 0.409 e. The van der Waals surface area contributed by atoms with Gasteiger partial charge in [0.1, 0.15) is 5.75 Å². The lowest BCUT2D eigenvalue weighted by Gasteiger charge is -2.28. The number of amides is 2. The van der Waals surface area contributed by atoms with Gasteiger partial charge in [0.2, 0.25) is 0 Å². The predicted octanol–water partition coefficient (Wildman–Crippen LogP) is 4.24. The highest BCUT2D eigenvalue weighted by atomic mass is 16.5. The number of fused-ring (bicyclic) bond motifs is 1. The van der Waals surface area contributed by atoms with Gasteiger partial charge in [0, 0.05) is 24.3 Å². The first-order valence-corrected chi connectivity index (χ1v) is 9.59. The molecule has 0 saturated carbocycles. The summed E-state index contributed by atoms with van der Waals surface area (Å²) in [5, 5.41) is 2.92. The molecule has 0 fully saturated rings. The van der Waals surface area contributed by atoms with Crippen molar-refractivity contribution in [1.29, 1.82) is 0 Å². The number of hydrogen-bond acceptors (Lipinski definition) is 4. The van der Waals surface area contributed by atoms with Crippen LogP contribution in [0.2, 0.25) is 0 Å². The van der Waals surface area contributed by atoms with Crippen LogP contribution < -0.4 is 10.1 Å². The van der Waals surface area contributed by atoms with Gasteiger partial charge in [-0.25, -0.2) is 4.79 Å². The summed E-state index contributed by atoms with van der Waals surface area (Å²) in [6.45, 7) is 3.91. The number of nitrogens with zero attached hydrogens (tertiary/aromatic N) is 1. The van der Waals surface area contributed by atoms with E-state index in [1.165, 1.54) is 12.7 Å². The Morgan fingerprint density at radius 1 is 1.11 bits per heavy atom. The summed E-state index contributed by atoms with van der Waals surface area (Å²) in [4.78, 5) is 26.0. The van der Waals surface area contributed by atoms with Gasteiger partial charge in [0.15, 0.2) is 0 Å². The lowest BCUT2D eigenvalue weighted by atomic mass is 9.99. The fraction of sp³-hybridized carbons (Fsp3) is 0.364. The van der Waals surface area contributed by atoms with Crippen LogP contribution in [0.4, 0.5) is 10.5 Å². The van der Waals surface area contributed by atoms with E-state index in [1.54, 1.807) is 17.0 Å². The average molecular weight is 382 g/mol. The number of hydrogen-bond donors (Lipinski definition) is 1. The molecule has 2 aromatic rings. The third kappa shape index (κ3) is 4.82. The lowest BCUT2D eigenvalue weighted by molar-refractivity contribution is 0.102. The van der Waals surface area contributed by atoms with Crippen molar-refractivity contribution in [1.82, 2.24) is 4.90 Å². The minimum Gasteiger partial charge on any atom is -0.494 e. The summed E-state index contributed by atoms with van der Waals surface area (Å²) in [6.07, 6.45) is 2.53. The molecule has 0 unspecified atom stereocenters. The molecule has 1 N–H and O–H groups in total. The Hall–Kier alpha value is -3.02. The van der Waals surface area contributed by atoms with E-state index in [0.717, 1.165) is 30.6 Å². The highest BCUT2D eigenvalue weighted by molar-refractivity contribution is 6.04. The molecule has 0 aromatic heterocycles. The Balaban J connectivity index is 1.64. The van der Waals surface area contributed by atoms with Crippen LogP contribution in [0, 0.1) is 0 Å². The van der Waals surface area contributed by atoms with Crippen molar-refractivity contribution in [3.63, 3.8) is 0 Å². The molecule has 3 rings (SSSR count). The maximum absolute atomic E-state index is 12.5. The van der Waals surface area contributed by atoms with Crippen LogP contribution in [0.1, 0.15) is 41.3 Å². The van der Waals surface area contributed by atoms with Crippen molar-refractivity contribution in [2.45, 2.75) is 32.7 Å². The molecule has 28 heavy (non-hydrogen) atoms. The summed E-state index contributed by atoms with van der Waals surface area (Å²) >= 11 is 0. The Morgan fingerprint density at radius 2 is 1.89 bits per heavy atom. The Kier molecular flexibility index (Phi) is 6.53. The summed E-state index contributed by atoms with van der Waals surface area (Å²) < 4.78 is 10.4. The van der Waals surface area contributed by atoms with Crippen molar-refractivity contribution in [2.75, 3.05) is 25.6 Å². The van der Waals surface area contributed by atoms with E-state index in [0.29, 0.717) is 30.9 Å². The third-order valence-corrected chi connectivity index (χ3v) is 4.79.